The molecule has 1 aliphatic heterocycles. The number of aromatic nitrogens is 4. The molecule has 5 rings (SSSR count). The van der Waals surface area contributed by atoms with Crippen LogP contribution in [0.15, 0.2) is 36.7 Å². The van der Waals surface area contributed by atoms with Gasteiger partial charge in [-0.2, -0.15) is 5.10 Å². The van der Waals surface area contributed by atoms with Gasteiger partial charge in [0.25, 0.3) is 5.91 Å². The zero-order valence-electron chi connectivity index (χ0n) is 15.5. The average molecular weight is 364 g/mol. The van der Waals surface area contributed by atoms with Crippen molar-refractivity contribution < 1.29 is 4.79 Å². The first-order valence-corrected chi connectivity index (χ1v) is 9.59. The van der Waals surface area contributed by atoms with Gasteiger partial charge in [-0.05, 0) is 43.8 Å². The molecule has 27 heavy (non-hydrogen) atoms. The minimum absolute atomic E-state index is 0.00384. The van der Waals surface area contributed by atoms with Crippen LogP contribution in [0.5, 0.6) is 0 Å². The highest BCUT2D eigenvalue weighted by Crippen LogP contribution is 2.56. The third-order valence-corrected chi connectivity index (χ3v) is 6.29. The quantitative estimate of drug-likeness (QED) is 0.743. The van der Waals surface area contributed by atoms with Gasteiger partial charge in [-0.25, -0.2) is 4.98 Å². The largest absolute Gasteiger partial charge is 0.337 e. The van der Waals surface area contributed by atoms with Crippen LogP contribution in [-0.2, 0) is 13.6 Å². The van der Waals surface area contributed by atoms with E-state index < -0.39 is 0 Å². The predicted octanol–water partition coefficient (Wildman–Crippen LogP) is 2.08. The first-order valence-electron chi connectivity index (χ1n) is 9.59. The molecule has 1 atom stereocenters. The molecule has 1 saturated heterocycles. The van der Waals surface area contributed by atoms with Gasteiger partial charge in [0, 0.05) is 30.9 Å². The molecule has 2 N–H and O–H groups in total. The number of H-pyrrole nitrogens is 1. The second-order valence-electron chi connectivity index (χ2n) is 7.84. The first kappa shape index (κ1) is 16.5. The Balaban J connectivity index is 1.49. The summed E-state index contributed by atoms with van der Waals surface area (Å²) in [6.07, 6.45) is 7.05. The predicted molar refractivity (Wildman–Crippen MR) is 102 cm³/mol. The zero-order chi connectivity index (χ0) is 18.4. The number of aromatic amines is 1. The van der Waals surface area contributed by atoms with E-state index in [1.807, 2.05) is 47.0 Å². The summed E-state index contributed by atoms with van der Waals surface area (Å²) in [6.45, 7) is 2.59. The van der Waals surface area contributed by atoms with Crippen molar-refractivity contribution in [3.05, 3.63) is 48.2 Å². The van der Waals surface area contributed by atoms with Gasteiger partial charge in [-0.1, -0.05) is 18.2 Å². The van der Waals surface area contributed by atoms with Crippen LogP contribution in [0.4, 0.5) is 0 Å². The Morgan fingerprint density at radius 2 is 2.15 bits per heavy atom. The molecule has 2 aromatic heterocycles. The fourth-order valence-corrected chi connectivity index (χ4v) is 4.52. The topological polar surface area (TPSA) is 78.8 Å². The molecule has 1 unspecified atom stereocenters. The molecule has 7 heteroatoms. The number of hydrogen-bond acceptors (Lipinski definition) is 4. The van der Waals surface area contributed by atoms with Crippen LogP contribution in [-0.4, -0.2) is 49.7 Å². The second-order valence-corrected chi connectivity index (χ2v) is 7.84. The van der Waals surface area contributed by atoms with Crippen molar-refractivity contribution in [3.8, 4) is 0 Å². The Morgan fingerprint density at radius 1 is 1.33 bits per heavy atom. The van der Waals surface area contributed by atoms with Gasteiger partial charge in [0.1, 0.15) is 5.82 Å². The molecular formula is C20H24N6O. The Morgan fingerprint density at radius 3 is 2.93 bits per heavy atom. The summed E-state index contributed by atoms with van der Waals surface area (Å²) in [4.78, 5) is 20.0. The number of benzene rings is 1. The minimum Gasteiger partial charge on any atom is -0.337 e. The van der Waals surface area contributed by atoms with E-state index >= 15 is 0 Å². The first-order chi connectivity index (χ1) is 13.2. The fourth-order valence-electron chi connectivity index (χ4n) is 4.52. The molecule has 1 aromatic carbocycles. The summed E-state index contributed by atoms with van der Waals surface area (Å²) in [5.74, 6) is 0.898. The highest BCUT2D eigenvalue weighted by molar-refractivity contribution is 6.04. The van der Waals surface area contributed by atoms with E-state index in [4.69, 9.17) is 0 Å². The highest BCUT2D eigenvalue weighted by atomic mass is 16.2. The summed E-state index contributed by atoms with van der Waals surface area (Å²) in [6, 6.07) is 8.07. The lowest BCUT2D eigenvalue weighted by molar-refractivity contribution is 0.0681. The Labute approximate surface area is 157 Å². The normalized spacial score (nSPS) is 20.9. The van der Waals surface area contributed by atoms with E-state index in [1.165, 1.54) is 0 Å². The summed E-state index contributed by atoms with van der Waals surface area (Å²) < 4.78 is 1.99. The lowest BCUT2D eigenvalue weighted by Crippen LogP contribution is -2.39. The van der Waals surface area contributed by atoms with Crippen LogP contribution in [0.1, 0.15) is 35.6 Å². The highest BCUT2D eigenvalue weighted by Gasteiger charge is 2.58. The van der Waals surface area contributed by atoms with Crippen LogP contribution in [0.2, 0.25) is 0 Å². The standard InChI is InChI=1S/C20H24N6O/c1-25-11-10-22-17(25)13-26(16-12-20(16)6-8-21-9-7-20)19(27)18-14-4-2-3-5-15(14)23-24-18/h2-5,10-11,16,21H,6-9,12-13H2,1H3,(H,23,24). The SMILES string of the molecule is Cn1ccnc1CN(C(=O)c1n[nH]c2ccccc12)C1CC12CCNCC2. The number of imidazole rings is 1. The van der Waals surface area contributed by atoms with E-state index in [9.17, 15) is 4.79 Å². The fraction of sp³-hybridized carbons (Fsp3) is 0.450. The van der Waals surface area contributed by atoms with E-state index in [1.54, 1.807) is 6.20 Å². The van der Waals surface area contributed by atoms with Crippen LogP contribution in [0.3, 0.4) is 0 Å². The Bertz CT molecular complexity index is 983. The third-order valence-electron chi connectivity index (χ3n) is 6.29. The number of aryl methyl sites for hydroxylation is 1. The molecule has 1 aliphatic carbocycles. The van der Waals surface area contributed by atoms with Crippen molar-refractivity contribution >= 4 is 16.8 Å². The van der Waals surface area contributed by atoms with Crippen LogP contribution < -0.4 is 5.32 Å². The van der Waals surface area contributed by atoms with Gasteiger partial charge < -0.3 is 14.8 Å². The second kappa shape index (κ2) is 6.20. The van der Waals surface area contributed by atoms with Gasteiger partial charge in [-0.15, -0.1) is 0 Å². The molecule has 0 radical (unpaired) electrons. The maximum absolute atomic E-state index is 13.6. The number of rotatable bonds is 4. The minimum atomic E-state index is -0.00384. The monoisotopic (exact) mass is 364 g/mol. The summed E-state index contributed by atoms with van der Waals surface area (Å²) in [5.41, 5.74) is 1.67. The number of para-hydroxylation sites is 1. The van der Waals surface area contributed by atoms with Gasteiger partial charge in [-0.3, -0.25) is 9.89 Å². The number of carbonyl (C=O) groups is 1. The van der Waals surface area contributed by atoms with Crippen LogP contribution in [0.25, 0.3) is 10.9 Å². The number of fused-ring (bicyclic) bond motifs is 1. The molecule has 0 bridgehead atoms. The van der Waals surface area contributed by atoms with Crippen LogP contribution in [0, 0.1) is 5.41 Å². The smallest absolute Gasteiger partial charge is 0.275 e. The molecule has 140 valence electrons. The Kier molecular flexibility index (Phi) is 3.79. The molecule has 3 aromatic rings. The molecule has 1 saturated carbocycles. The van der Waals surface area contributed by atoms with Gasteiger partial charge in [0.2, 0.25) is 0 Å². The summed E-state index contributed by atoms with van der Waals surface area (Å²) in [5, 5.41) is 11.7. The van der Waals surface area contributed by atoms with Crippen molar-refractivity contribution in [2.45, 2.75) is 31.8 Å². The van der Waals surface area contributed by atoms with Gasteiger partial charge in [0.15, 0.2) is 5.69 Å². The maximum atomic E-state index is 13.6. The summed E-state index contributed by atoms with van der Waals surface area (Å²) in [7, 11) is 1.97. The molecule has 7 nitrogen and oxygen atoms in total. The van der Waals surface area contributed by atoms with Crippen molar-refractivity contribution in [2.75, 3.05) is 13.1 Å². The van der Waals surface area contributed by atoms with E-state index in [2.05, 4.69) is 20.5 Å². The third kappa shape index (κ3) is 2.73. The van der Waals surface area contributed by atoms with Crippen molar-refractivity contribution in [2.24, 2.45) is 12.5 Å². The van der Waals surface area contributed by atoms with E-state index in [-0.39, 0.29) is 17.4 Å². The lowest BCUT2D eigenvalue weighted by atomic mass is 9.93. The molecular weight excluding hydrogens is 340 g/mol. The molecule has 3 heterocycles. The average Bonchev–Trinajstić information content (AvgIpc) is 3.04. The lowest BCUT2D eigenvalue weighted by Gasteiger charge is -2.29. The van der Waals surface area contributed by atoms with Crippen LogP contribution >= 0.6 is 0 Å². The van der Waals surface area contributed by atoms with E-state index in [0.717, 1.165) is 49.1 Å². The molecule has 1 amide bonds. The van der Waals surface area contributed by atoms with Gasteiger partial charge in [0.05, 0.1) is 12.1 Å². The molecule has 1 spiro atoms. The number of nitrogens with zero attached hydrogens (tertiary/aromatic N) is 4. The number of amides is 1. The van der Waals surface area contributed by atoms with Crippen molar-refractivity contribution in [3.63, 3.8) is 0 Å². The number of nitrogens with one attached hydrogen (secondary N) is 2. The Hall–Kier alpha value is -2.67. The zero-order valence-corrected chi connectivity index (χ0v) is 15.5. The summed E-state index contributed by atoms with van der Waals surface area (Å²) >= 11 is 0. The number of piperidine rings is 1. The van der Waals surface area contributed by atoms with Gasteiger partial charge >= 0.3 is 0 Å². The maximum Gasteiger partial charge on any atom is 0.275 e. The number of carbonyl (C=O) groups excluding carboxylic acids is 1. The molecule has 2 fully saturated rings. The number of hydrogen-bond donors (Lipinski definition) is 2. The van der Waals surface area contributed by atoms with Crippen molar-refractivity contribution in [1.29, 1.82) is 0 Å². The molecule has 2 aliphatic rings. The van der Waals surface area contributed by atoms with Crippen molar-refractivity contribution in [1.82, 2.24) is 30.0 Å². The van der Waals surface area contributed by atoms with E-state index in [0.29, 0.717) is 12.2 Å².